The fraction of sp³-hybridized carbons (Fsp3) is 0.692. The van der Waals surface area contributed by atoms with Crippen molar-refractivity contribution >= 4 is 29.2 Å². The van der Waals surface area contributed by atoms with Crippen LogP contribution in [0, 0.1) is 0 Å². The average Bonchev–Trinajstić information content (AvgIpc) is 3.21. The molecule has 1 aromatic rings. The smallest absolute Gasteiger partial charge is 0.224 e. The number of ether oxygens (including phenoxy) is 1. The number of thioether (sulfide) groups is 1. The maximum atomic E-state index is 6.11. The lowest BCUT2D eigenvalue weighted by atomic mass is 10.2. The molecule has 2 fully saturated rings. The summed E-state index contributed by atoms with van der Waals surface area (Å²) in [5.74, 6) is 2.05. The van der Waals surface area contributed by atoms with Gasteiger partial charge in [0, 0.05) is 19.2 Å². The fourth-order valence-electron chi connectivity index (χ4n) is 2.46. The van der Waals surface area contributed by atoms with Crippen LogP contribution < -0.4 is 4.90 Å². The standard InChI is InChI=1S/C13H18ClN3OS/c1-2-19-13(3-4-13)10-9-11(16-12(14)15-10)17-5-7-18-8-6-17/h9H,2-8H2,1H3. The van der Waals surface area contributed by atoms with Gasteiger partial charge in [0.15, 0.2) is 0 Å². The average molecular weight is 300 g/mol. The zero-order chi connectivity index (χ0) is 13.3. The van der Waals surface area contributed by atoms with Crippen molar-refractivity contribution < 1.29 is 4.74 Å². The van der Waals surface area contributed by atoms with Gasteiger partial charge < -0.3 is 9.64 Å². The highest BCUT2D eigenvalue weighted by atomic mass is 35.5. The molecule has 0 N–H and O–H groups in total. The molecule has 0 aromatic carbocycles. The summed E-state index contributed by atoms with van der Waals surface area (Å²) in [6.45, 7) is 5.45. The van der Waals surface area contributed by atoms with Crippen molar-refractivity contribution in [2.24, 2.45) is 0 Å². The molecule has 104 valence electrons. The molecule has 3 rings (SSSR count). The number of halogens is 1. The van der Waals surface area contributed by atoms with Crippen molar-refractivity contribution in [2.75, 3.05) is 37.0 Å². The van der Waals surface area contributed by atoms with Crippen LogP contribution in [0.1, 0.15) is 25.5 Å². The maximum absolute atomic E-state index is 6.11. The van der Waals surface area contributed by atoms with Crippen molar-refractivity contribution in [1.82, 2.24) is 9.97 Å². The molecule has 0 unspecified atom stereocenters. The Labute approximate surface area is 122 Å². The minimum absolute atomic E-state index is 0.197. The third kappa shape index (κ3) is 2.83. The van der Waals surface area contributed by atoms with E-state index in [1.165, 1.54) is 12.8 Å². The summed E-state index contributed by atoms with van der Waals surface area (Å²) >= 11 is 8.08. The van der Waals surface area contributed by atoms with Crippen molar-refractivity contribution in [3.8, 4) is 0 Å². The van der Waals surface area contributed by atoms with Gasteiger partial charge in [0.25, 0.3) is 0 Å². The predicted octanol–water partition coefficient (Wildman–Crippen LogP) is 2.71. The van der Waals surface area contributed by atoms with Gasteiger partial charge >= 0.3 is 0 Å². The number of morpholine rings is 1. The number of aromatic nitrogens is 2. The highest BCUT2D eigenvalue weighted by molar-refractivity contribution is 8.00. The fourth-order valence-corrected chi connectivity index (χ4v) is 3.83. The molecule has 1 aliphatic carbocycles. The topological polar surface area (TPSA) is 38.2 Å². The molecular formula is C13H18ClN3OS. The first-order valence-corrected chi connectivity index (χ1v) is 8.11. The molecule has 0 atom stereocenters. The molecule has 6 heteroatoms. The Morgan fingerprint density at radius 1 is 1.37 bits per heavy atom. The van der Waals surface area contributed by atoms with Crippen LogP contribution in [0.15, 0.2) is 6.07 Å². The van der Waals surface area contributed by atoms with Crippen LogP contribution in [0.5, 0.6) is 0 Å². The van der Waals surface area contributed by atoms with Crippen LogP contribution in [0.4, 0.5) is 5.82 Å². The molecule has 1 aromatic heterocycles. The van der Waals surface area contributed by atoms with Crippen molar-refractivity contribution in [2.45, 2.75) is 24.5 Å². The summed E-state index contributed by atoms with van der Waals surface area (Å²) in [6.07, 6.45) is 2.39. The lowest BCUT2D eigenvalue weighted by molar-refractivity contribution is 0.122. The Balaban J connectivity index is 1.87. The summed E-state index contributed by atoms with van der Waals surface area (Å²) in [7, 11) is 0. The third-order valence-electron chi connectivity index (χ3n) is 3.61. The van der Waals surface area contributed by atoms with Gasteiger partial charge in [-0.1, -0.05) is 6.92 Å². The predicted molar refractivity (Wildman–Crippen MR) is 79.1 cm³/mol. The molecule has 19 heavy (non-hydrogen) atoms. The molecule has 0 radical (unpaired) electrons. The lowest BCUT2D eigenvalue weighted by Gasteiger charge is -2.28. The molecule has 0 amide bonds. The normalized spacial score (nSPS) is 21.5. The van der Waals surface area contributed by atoms with Gasteiger partial charge in [-0.15, -0.1) is 11.8 Å². The van der Waals surface area contributed by atoms with Gasteiger partial charge in [-0.3, -0.25) is 0 Å². The molecular weight excluding hydrogens is 282 g/mol. The number of nitrogens with zero attached hydrogens (tertiary/aromatic N) is 3. The zero-order valence-electron chi connectivity index (χ0n) is 11.1. The quantitative estimate of drug-likeness (QED) is 0.799. The van der Waals surface area contributed by atoms with E-state index in [4.69, 9.17) is 16.3 Å². The second kappa shape index (κ2) is 5.46. The van der Waals surface area contributed by atoms with Gasteiger partial charge in [-0.25, -0.2) is 9.97 Å². The Morgan fingerprint density at radius 2 is 2.11 bits per heavy atom. The third-order valence-corrected chi connectivity index (χ3v) is 5.24. The van der Waals surface area contributed by atoms with Crippen molar-refractivity contribution in [3.63, 3.8) is 0 Å². The Bertz CT molecular complexity index is 461. The molecule has 2 aliphatic rings. The number of hydrogen-bond acceptors (Lipinski definition) is 5. The summed E-state index contributed by atoms with van der Waals surface area (Å²) in [5, 5.41) is 0.363. The highest BCUT2D eigenvalue weighted by Gasteiger charge is 2.46. The first-order chi connectivity index (χ1) is 9.23. The molecule has 1 saturated heterocycles. The Morgan fingerprint density at radius 3 is 2.74 bits per heavy atom. The van der Waals surface area contributed by atoms with Crippen LogP contribution in [0.25, 0.3) is 0 Å². The molecule has 0 spiro atoms. The highest BCUT2D eigenvalue weighted by Crippen LogP contribution is 2.56. The van der Waals surface area contributed by atoms with Crippen LogP contribution >= 0.6 is 23.4 Å². The SMILES string of the molecule is CCSC1(c2cc(N3CCOCC3)nc(Cl)n2)CC1. The van der Waals surface area contributed by atoms with Gasteiger partial charge in [-0.2, -0.15) is 0 Å². The number of rotatable bonds is 4. The second-order valence-corrected chi connectivity index (χ2v) is 6.89. The minimum Gasteiger partial charge on any atom is -0.378 e. The summed E-state index contributed by atoms with van der Waals surface area (Å²) < 4.78 is 5.57. The van der Waals surface area contributed by atoms with Crippen LogP contribution in [0.2, 0.25) is 5.28 Å². The molecule has 1 aliphatic heterocycles. The summed E-state index contributed by atoms with van der Waals surface area (Å²) in [5.41, 5.74) is 1.10. The summed E-state index contributed by atoms with van der Waals surface area (Å²) in [6, 6.07) is 2.12. The lowest BCUT2D eigenvalue weighted by Crippen LogP contribution is -2.37. The van der Waals surface area contributed by atoms with Crippen LogP contribution in [-0.4, -0.2) is 42.0 Å². The maximum Gasteiger partial charge on any atom is 0.224 e. The van der Waals surface area contributed by atoms with E-state index in [1.54, 1.807) is 0 Å². The second-order valence-electron chi connectivity index (χ2n) is 4.91. The van der Waals surface area contributed by atoms with E-state index in [0.29, 0.717) is 5.28 Å². The van der Waals surface area contributed by atoms with E-state index >= 15 is 0 Å². The Kier molecular flexibility index (Phi) is 3.87. The van der Waals surface area contributed by atoms with Crippen molar-refractivity contribution in [1.29, 1.82) is 0 Å². The van der Waals surface area contributed by atoms with E-state index < -0.39 is 0 Å². The van der Waals surface area contributed by atoms with E-state index in [-0.39, 0.29) is 4.75 Å². The summed E-state index contributed by atoms with van der Waals surface area (Å²) in [4.78, 5) is 11.1. The van der Waals surface area contributed by atoms with Gasteiger partial charge in [0.05, 0.1) is 23.7 Å². The molecule has 1 saturated carbocycles. The largest absolute Gasteiger partial charge is 0.378 e. The van der Waals surface area contributed by atoms with Crippen LogP contribution in [-0.2, 0) is 9.48 Å². The van der Waals surface area contributed by atoms with E-state index in [2.05, 4.69) is 27.9 Å². The van der Waals surface area contributed by atoms with Crippen LogP contribution in [0.3, 0.4) is 0 Å². The number of anilines is 1. The van der Waals surface area contributed by atoms with Crippen molar-refractivity contribution in [3.05, 3.63) is 17.0 Å². The Hall–Kier alpha value is -0.520. The molecule has 4 nitrogen and oxygen atoms in total. The minimum atomic E-state index is 0.197. The van der Waals surface area contributed by atoms with Gasteiger partial charge in [0.1, 0.15) is 5.82 Å². The molecule has 2 heterocycles. The van der Waals surface area contributed by atoms with E-state index in [1.807, 2.05) is 11.8 Å². The first-order valence-electron chi connectivity index (χ1n) is 6.75. The number of hydrogen-bond donors (Lipinski definition) is 0. The molecule has 0 bridgehead atoms. The zero-order valence-corrected chi connectivity index (χ0v) is 12.6. The van der Waals surface area contributed by atoms with E-state index in [0.717, 1.165) is 43.6 Å². The first kappa shape index (κ1) is 13.5. The van der Waals surface area contributed by atoms with Gasteiger partial charge in [0.2, 0.25) is 5.28 Å². The van der Waals surface area contributed by atoms with E-state index in [9.17, 15) is 0 Å². The van der Waals surface area contributed by atoms with Gasteiger partial charge in [-0.05, 0) is 30.2 Å². The monoisotopic (exact) mass is 299 g/mol.